The quantitative estimate of drug-likeness (QED) is 0.600. The maximum absolute atomic E-state index is 12.5. The Bertz CT molecular complexity index is 809. The van der Waals surface area contributed by atoms with Gasteiger partial charge >= 0.3 is 0 Å². The molecule has 26 heavy (non-hydrogen) atoms. The van der Waals surface area contributed by atoms with Gasteiger partial charge in [-0.3, -0.25) is 14.9 Å². The summed E-state index contributed by atoms with van der Waals surface area (Å²) in [5, 5.41) is 21.8. The molecule has 0 bridgehead atoms. The molecule has 2 atom stereocenters. The van der Waals surface area contributed by atoms with Crippen LogP contribution in [0.2, 0.25) is 0 Å². The number of nitro benzene ring substituents is 1. The lowest BCUT2D eigenvalue weighted by Gasteiger charge is -2.18. The third-order valence-corrected chi connectivity index (χ3v) is 4.67. The van der Waals surface area contributed by atoms with Crippen LogP contribution >= 0.6 is 12.4 Å². The Morgan fingerprint density at radius 3 is 2.92 bits per heavy atom. The molecule has 2 unspecified atom stereocenters. The summed E-state index contributed by atoms with van der Waals surface area (Å²) in [7, 11) is 0. The van der Waals surface area contributed by atoms with Gasteiger partial charge in [0.05, 0.1) is 16.3 Å². The van der Waals surface area contributed by atoms with Crippen LogP contribution in [-0.4, -0.2) is 38.4 Å². The molecule has 0 saturated heterocycles. The van der Waals surface area contributed by atoms with Crippen molar-refractivity contribution in [1.82, 2.24) is 20.3 Å². The summed E-state index contributed by atoms with van der Waals surface area (Å²) >= 11 is 0. The van der Waals surface area contributed by atoms with E-state index in [9.17, 15) is 14.9 Å². The van der Waals surface area contributed by atoms with E-state index in [-0.39, 0.29) is 41.7 Å². The second-order valence-electron chi connectivity index (χ2n) is 6.22. The van der Waals surface area contributed by atoms with Gasteiger partial charge in [0.25, 0.3) is 11.6 Å². The summed E-state index contributed by atoms with van der Waals surface area (Å²) < 4.78 is 1.43. The molecular weight excluding hydrogens is 360 g/mol. The first kappa shape index (κ1) is 19.8. The Morgan fingerprint density at radius 2 is 2.23 bits per heavy atom. The van der Waals surface area contributed by atoms with Crippen molar-refractivity contribution < 1.29 is 9.72 Å². The van der Waals surface area contributed by atoms with E-state index in [0.29, 0.717) is 17.9 Å². The zero-order chi connectivity index (χ0) is 18.0. The van der Waals surface area contributed by atoms with E-state index in [2.05, 4.69) is 15.6 Å². The smallest absolute Gasteiger partial charge is 0.273 e. The molecule has 2 aromatic rings. The van der Waals surface area contributed by atoms with E-state index in [1.54, 1.807) is 19.1 Å². The molecule has 0 aliphatic heterocycles. The molecule has 9 nitrogen and oxygen atoms in total. The fourth-order valence-corrected chi connectivity index (χ4v) is 3.27. The average Bonchev–Trinajstić information content (AvgIpc) is 3.21. The van der Waals surface area contributed by atoms with Crippen molar-refractivity contribution in [2.24, 2.45) is 11.7 Å². The molecule has 0 spiro atoms. The van der Waals surface area contributed by atoms with Gasteiger partial charge in [-0.25, -0.2) is 4.68 Å². The van der Waals surface area contributed by atoms with Crippen molar-refractivity contribution in [2.45, 2.75) is 32.2 Å². The Hall–Kier alpha value is -2.52. The lowest BCUT2D eigenvalue weighted by molar-refractivity contribution is -0.384. The lowest BCUT2D eigenvalue weighted by Crippen LogP contribution is -2.40. The summed E-state index contributed by atoms with van der Waals surface area (Å²) in [6.07, 6.45) is 2.97. The van der Waals surface area contributed by atoms with Crippen molar-refractivity contribution in [2.75, 3.05) is 6.54 Å². The number of halogens is 1. The largest absolute Gasteiger partial charge is 0.348 e. The van der Waals surface area contributed by atoms with Crippen molar-refractivity contribution >= 4 is 24.0 Å². The van der Waals surface area contributed by atoms with Crippen LogP contribution in [0.15, 0.2) is 24.3 Å². The summed E-state index contributed by atoms with van der Waals surface area (Å²) in [6, 6.07) is 6.09. The molecule has 1 amide bonds. The molecule has 10 heteroatoms. The van der Waals surface area contributed by atoms with Crippen LogP contribution in [0, 0.1) is 23.0 Å². The number of hydrogen-bond acceptors (Lipinski definition) is 6. The predicted molar refractivity (Wildman–Crippen MR) is 97.6 cm³/mol. The first-order chi connectivity index (χ1) is 12.0. The predicted octanol–water partition coefficient (Wildman–Crippen LogP) is 1.76. The maximum atomic E-state index is 12.5. The number of carbonyl (C=O) groups excluding carboxylic acids is 1. The van der Waals surface area contributed by atoms with Crippen molar-refractivity contribution in [1.29, 1.82) is 0 Å². The topological polar surface area (TPSA) is 129 Å². The van der Waals surface area contributed by atoms with Crippen LogP contribution in [0.1, 0.15) is 35.4 Å². The van der Waals surface area contributed by atoms with E-state index >= 15 is 0 Å². The highest BCUT2D eigenvalue weighted by Gasteiger charge is 2.29. The van der Waals surface area contributed by atoms with E-state index in [1.807, 2.05) is 0 Å². The van der Waals surface area contributed by atoms with Crippen LogP contribution < -0.4 is 11.1 Å². The van der Waals surface area contributed by atoms with E-state index in [4.69, 9.17) is 5.73 Å². The highest BCUT2D eigenvalue weighted by atomic mass is 35.5. The Balaban J connectivity index is 0.00000243. The van der Waals surface area contributed by atoms with Crippen LogP contribution in [0.4, 0.5) is 5.69 Å². The number of benzene rings is 1. The standard InChI is InChI=1S/C16H20N6O3.ClH/c1-10-15(16(23)18-14-7-2-4-11(14)9-17)19-20-21(10)12-5-3-6-13(8-12)22(24)25;/h3,5-6,8,11,14H,2,4,7,9,17H2,1H3,(H,18,23);1H. The first-order valence-electron chi connectivity index (χ1n) is 8.19. The maximum Gasteiger partial charge on any atom is 0.273 e. The van der Waals surface area contributed by atoms with Gasteiger partial charge in [0.15, 0.2) is 5.69 Å². The molecule has 1 aromatic heterocycles. The fraction of sp³-hybridized carbons (Fsp3) is 0.438. The molecule has 1 saturated carbocycles. The molecule has 1 aliphatic carbocycles. The second kappa shape index (κ2) is 8.24. The Morgan fingerprint density at radius 1 is 1.46 bits per heavy atom. The van der Waals surface area contributed by atoms with Gasteiger partial charge in [0.1, 0.15) is 0 Å². The van der Waals surface area contributed by atoms with Crippen molar-refractivity contribution in [3.63, 3.8) is 0 Å². The molecule has 1 heterocycles. The average molecular weight is 381 g/mol. The number of nitro groups is 1. The normalized spacial score (nSPS) is 19.0. The monoisotopic (exact) mass is 380 g/mol. The summed E-state index contributed by atoms with van der Waals surface area (Å²) in [4.78, 5) is 23.0. The zero-order valence-electron chi connectivity index (χ0n) is 14.3. The third kappa shape index (κ3) is 3.83. The zero-order valence-corrected chi connectivity index (χ0v) is 15.1. The molecule has 140 valence electrons. The number of amides is 1. The number of nitrogens with zero attached hydrogens (tertiary/aromatic N) is 4. The highest BCUT2D eigenvalue weighted by Crippen LogP contribution is 2.25. The lowest BCUT2D eigenvalue weighted by atomic mass is 10.0. The molecule has 1 aliphatic rings. The van der Waals surface area contributed by atoms with E-state index < -0.39 is 4.92 Å². The summed E-state index contributed by atoms with van der Waals surface area (Å²) in [5.74, 6) is -0.00407. The minimum Gasteiger partial charge on any atom is -0.348 e. The highest BCUT2D eigenvalue weighted by molar-refractivity contribution is 5.93. The first-order valence-corrected chi connectivity index (χ1v) is 8.19. The van der Waals surface area contributed by atoms with Gasteiger partial charge in [-0.15, -0.1) is 17.5 Å². The molecular formula is C16H21ClN6O3. The van der Waals surface area contributed by atoms with E-state index in [1.165, 1.54) is 16.8 Å². The number of aromatic nitrogens is 3. The van der Waals surface area contributed by atoms with Crippen LogP contribution in [0.25, 0.3) is 5.69 Å². The number of rotatable bonds is 5. The van der Waals surface area contributed by atoms with Gasteiger partial charge < -0.3 is 11.1 Å². The fourth-order valence-electron chi connectivity index (χ4n) is 3.27. The second-order valence-corrected chi connectivity index (χ2v) is 6.22. The molecule has 0 radical (unpaired) electrons. The summed E-state index contributed by atoms with van der Waals surface area (Å²) in [5.41, 5.74) is 6.93. The Kier molecular flexibility index (Phi) is 6.27. The van der Waals surface area contributed by atoms with Crippen LogP contribution in [-0.2, 0) is 0 Å². The molecule has 3 N–H and O–H groups in total. The number of non-ortho nitro benzene ring substituents is 1. The van der Waals surface area contributed by atoms with Crippen molar-refractivity contribution in [3.05, 3.63) is 45.8 Å². The number of nitrogens with one attached hydrogen (secondary N) is 1. The van der Waals surface area contributed by atoms with Gasteiger partial charge in [-0.05, 0) is 38.3 Å². The van der Waals surface area contributed by atoms with E-state index in [0.717, 1.165) is 19.3 Å². The van der Waals surface area contributed by atoms with Crippen LogP contribution in [0.3, 0.4) is 0 Å². The number of carbonyl (C=O) groups is 1. The van der Waals surface area contributed by atoms with Gasteiger partial charge in [-0.2, -0.15) is 0 Å². The minimum atomic E-state index is -0.476. The SMILES string of the molecule is Cc1c(C(=O)NC2CCCC2CN)nnn1-c1cccc([N+](=O)[O-])c1.Cl. The minimum absolute atomic E-state index is 0. The molecule has 1 aromatic carbocycles. The molecule has 1 fully saturated rings. The third-order valence-electron chi connectivity index (χ3n) is 4.67. The van der Waals surface area contributed by atoms with Gasteiger partial charge in [-0.1, -0.05) is 17.7 Å². The number of nitrogens with two attached hydrogens (primary N) is 1. The van der Waals surface area contributed by atoms with Gasteiger partial charge in [0, 0.05) is 18.2 Å². The Labute approximate surface area is 156 Å². The molecule has 3 rings (SSSR count). The van der Waals surface area contributed by atoms with Crippen molar-refractivity contribution in [3.8, 4) is 5.69 Å². The van der Waals surface area contributed by atoms with Gasteiger partial charge in [0.2, 0.25) is 0 Å². The van der Waals surface area contributed by atoms with Crippen LogP contribution in [0.5, 0.6) is 0 Å². The number of hydrogen-bond donors (Lipinski definition) is 2. The summed E-state index contributed by atoms with van der Waals surface area (Å²) in [6.45, 7) is 2.26.